The lowest BCUT2D eigenvalue weighted by Crippen LogP contribution is -2.16. The van der Waals surface area contributed by atoms with Crippen LogP contribution in [0.5, 0.6) is 0 Å². The smallest absolute Gasteiger partial charge is 0.212 e. The minimum atomic E-state index is -0.842. The van der Waals surface area contributed by atoms with Crippen LogP contribution in [-0.2, 0) is 4.84 Å². The van der Waals surface area contributed by atoms with E-state index < -0.39 is 6.17 Å². The second-order valence-electron chi connectivity index (χ2n) is 2.03. The molecule has 0 aliphatic heterocycles. The maximum atomic E-state index is 12.1. The molecule has 4 heteroatoms. The number of nitrogens with one attached hydrogen (secondary N) is 2. The van der Waals surface area contributed by atoms with Gasteiger partial charge in [0.15, 0.2) is 0 Å². The molecule has 0 aromatic heterocycles. The number of hydrogen-bond acceptors (Lipinski definition) is 3. The first-order valence-corrected chi connectivity index (χ1v) is 2.81. The molecule has 0 spiro atoms. The quantitative estimate of drug-likeness (QED) is 0.326. The van der Waals surface area contributed by atoms with Crippen LogP contribution in [-0.4, -0.2) is 19.1 Å². The molecular weight excluding hydrogens is 123 g/mol. The van der Waals surface area contributed by atoms with Crippen molar-refractivity contribution < 1.29 is 9.23 Å². The van der Waals surface area contributed by atoms with Crippen molar-refractivity contribution in [1.29, 1.82) is 5.41 Å². The summed E-state index contributed by atoms with van der Waals surface area (Å²) in [5.41, 5.74) is 2.32. The highest BCUT2D eigenvalue weighted by molar-refractivity contribution is 5.78. The van der Waals surface area contributed by atoms with Gasteiger partial charge in [0, 0.05) is 7.05 Å². The second kappa shape index (κ2) is 2.31. The molecule has 0 heterocycles. The Hall–Kier alpha value is -0.640. The molecular formula is C5H9FN2O. The van der Waals surface area contributed by atoms with Crippen LogP contribution in [0.25, 0.3) is 0 Å². The molecule has 2 N–H and O–H groups in total. The monoisotopic (exact) mass is 132 g/mol. The van der Waals surface area contributed by atoms with E-state index in [0.29, 0.717) is 6.42 Å². The third-order valence-corrected chi connectivity index (χ3v) is 1.26. The lowest BCUT2D eigenvalue weighted by molar-refractivity contribution is 0.194. The van der Waals surface area contributed by atoms with Gasteiger partial charge in [-0.1, -0.05) is 0 Å². The first-order chi connectivity index (χ1) is 4.25. The van der Waals surface area contributed by atoms with Gasteiger partial charge >= 0.3 is 0 Å². The van der Waals surface area contributed by atoms with Crippen LogP contribution >= 0.6 is 0 Å². The van der Waals surface area contributed by atoms with E-state index in [0.717, 1.165) is 0 Å². The van der Waals surface area contributed by atoms with E-state index in [1.165, 1.54) is 0 Å². The zero-order chi connectivity index (χ0) is 6.85. The maximum Gasteiger partial charge on any atom is 0.212 e. The number of rotatable bonds is 2. The zero-order valence-corrected chi connectivity index (χ0v) is 5.15. The Kier molecular flexibility index (Phi) is 1.66. The molecule has 0 amide bonds. The van der Waals surface area contributed by atoms with Crippen molar-refractivity contribution >= 4 is 5.90 Å². The Morgan fingerprint density at radius 3 is 2.78 bits per heavy atom. The second-order valence-corrected chi connectivity index (χ2v) is 2.03. The van der Waals surface area contributed by atoms with E-state index in [4.69, 9.17) is 5.41 Å². The Labute approximate surface area is 52.7 Å². The Morgan fingerprint density at radius 2 is 2.44 bits per heavy atom. The molecule has 9 heavy (non-hydrogen) atoms. The van der Waals surface area contributed by atoms with Gasteiger partial charge in [0.25, 0.3) is 0 Å². The van der Waals surface area contributed by atoms with Crippen LogP contribution in [0.4, 0.5) is 4.39 Å². The minimum Gasteiger partial charge on any atom is -0.394 e. The molecule has 2 atom stereocenters. The molecule has 0 aromatic rings. The Bertz CT molecular complexity index is 128. The average Bonchev–Trinajstić information content (AvgIpc) is 2.47. The molecule has 0 saturated heterocycles. The van der Waals surface area contributed by atoms with Gasteiger partial charge in [0.2, 0.25) is 5.90 Å². The normalized spacial score (nSPS) is 31.8. The molecule has 1 aliphatic carbocycles. The maximum absolute atomic E-state index is 12.1. The fraction of sp³-hybridized carbons (Fsp3) is 0.800. The zero-order valence-electron chi connectivity index (χ0n) is 5.15. The number of alkyl halides is 1. The van der Waals surface area contributed by atoms with Crippen molar-refractivity contribution in [2.24, 2.45) is 5.92 Å². The lowest BCUT2D eigenvalue weighted by Gasteiger charge is -2.00. The molecule has 0 unspecified atom stereocenters. The predicted octanol–water partition coefficient (Wildman–Crippen LogP) is 0.473. The van der Waals surface area contributed by atoms with Gasteiger partial charge in [-0.25, -0.2) is 4.39 Å². The van der Waals surface area contributed by atoms with Gasteiger partial charge in [-0.3, -0.25) is 5.41 Å². The topological polar surface area (TPSA) is 45.1 Å². The van der Waals surface area contributed by atoms with E-state index in [1.807, 2.05) is 0 Å². The van der Waals surface area contributed by atoms with Gasteiger partial charge in [0.1, 0.15) is 6.17 Å². The molecule has 1 saturated carbocycles. The molecule has 0 aromatic carbocycles. The van der Waals surface area contributed by atoms with Crippen LogP contribution in [0.3, 0.4) is 0 Å². The molecule has 52 valence electrons. The van der Waals surface area contributed by atoms with Crippen LogP contribution in [0.15, 0.2) is 0 Å². The summed E-state index contributed by atoms with van der Waals surface area (Å²) >= 11 is 0. The van der Waals surface area contributed by atoms with Crippen molar-refractivity contribution in [3.63, 3.8) is 0 Å². The fourth-order valence-corrected chi connectivity index (χ4v) is 0.621. The lowest BCUT2D eigenvalue weighted by atomic mass is 10.4. The Balaban J connectivity index is 2.20. The highest BCUT2D eigenvalue weighted by Gasteiger charge is 2.42. The van der Waals surface area contributed by atoms with Crippen LogP contribution in [0, 0.1) is 11.3 Å². The van der Waals surface area contributed by atoms with Gasteiger partial charge in [-0.2, -0.15) is 5.48 Å². The summed E-state index contributed by atoms with van der Waals surface area (Å²) in [6.45, 7) is 0. The molecule has 0 radical (unpaired) electrons. The summed E-state index contributed by atoms with van der Waals surface area (Å²) < 4.78 is 12.1. The van der Waals surface area contributed by atoms with Crippen LogP contribution < -0.4 is 5.48 Å². The largest absolute Gasteiger partial charge is 0.394 e. The van der Waals surface area contributed by atoms with Crippen LogP contribution in [0.2, 0.25) is 0 Å². The summed E-state index contributed by atoms with van der Waals surface area (Å²) in [7, 11) is 1.55. The van der Waals surface area contributed by atoms with E-state index in [1.54, 1.807) is 7.05 Å². The van der Waals surface area contributed by atoms with Crippen molar-refractivity contribution in [2.75, 3.05) is 7.05 Å². The van der Waals surface area contributed by atoms with E-state index in [9.17, 15) is 4.39 Å². The minimum absolute atomic E-state index is 0.00463. The van der Waals surface area contributed by atoms with Crippen molar-refractivity contribution in [3.8, 4) is 0 Å². The number of hydrogen-bond donors (Lipinski definition) is 2. The van der Waals surface area contributed by atoms with Crippen molar-refractivity contribution in [1.82, 2.24) is 5.48 Å². The van der Waals surface area contributed by atoms with Gasteiger partial charge in [-0.05, 0) is 6.42 Å². The highest BCUT2D eigenvalue weighted by Crippen LogP contribution is 2.34. The molecule has 3 nitrogen and oxygen atoms in total. The standard InChI is InChI=1S/C5H9FN2O/c1-8-9-5(7)3-2-4(3)6/h3-4,7-8H,2H2,1H3/t3-,4-/m0/s1. The summed E-state index contributed by atoms with van der Waals surface area (Å²) in [5.74, 6) is -0.276. The van der Waals surface area contributed by atoms with E-state index in [-0.39, 0.29) is 11.8 Å². The number of halogens is 1. The van der Waals surface area contributed by atoms with E-state index in [2.05, 4.69) is 10.3 Å². The number of hydroxylamine groups is 1. The third-order valence-electron chi connectivity index (χ3n) is 1.26. The van der Waals surface area contributed by atoms with Crippen molar-refractivity contribution in [3.05, 3.63) is 0 Å². The van der Waals surface area contributed by atoms with Gasteiger partial charge in [-0.15, -0.1) is 0 Å². The molecule has 1 aliphatic rings. The van der Waals surface area contributed by atoms with Crippen LogP contribution in [0.1, 0.15) is 6.42 Å². The fourth-order valence-electron chi connectivity index (χ4n) is 0.621. The Morgan fingerprint density at radius 1 is 1.89 bits per heavy atom. The summed E-state index contributed by atoms with van der Waals surface area (Å²) in [6.07, 6.45) is -0.397. The molecule has 0 bridgehead atoms. The van der Waals surface area contributed by atoms with Crippen molar-refractivity contribution in [2.45, 2.75) is 12.6 Å². The first-order valence-electron chi connectivity index (χ1n) is 2.81. The highest BCUT2D eigenvalue weighted by atomic mass is 19.1. The third kappa shape index (κ3) is 1.38. The van der Waals surface area contributed by atoms with Gasteiger partial charge < -0.3 is 4.84 Å². The van der Waals surface area contributed by atoms with E-state index >= 15 is 0 Å². The van der Waals surface area contributed by atoms with Gasteiger partial charge in [0.05, 0.1) is 5.92 Å². The predicted molar refractivity (Wildman–Crippen MR) is 30.9 cm³/mol. The summed E-state index contributed by atoms with van der Waals surface area (Å²) in [6, 6.07) is 0. The summed E-state index contributed by atoms with van der Waals surface area (Å²) in [5, 5.41) is 7.01. The first kappa shape index (κ1) is 6.48. The SMILES string of the molecule is CNOC(=N)[C@H]1C[C@@H]1F. The molecule has 1 fully saturated rings. The molecule has 1 rings (SSSR count). The average molecular weight is 132 g/mol. The summed E-state index contributed by atoms with van der Waals surface area (Å²) in [4.78, 5) is 4.53.